The Morgan fingerprint density at radius 3 is 2.47 bits per heavy atom. The first-order chi connectivity index (χ1) is 8.24. The second-order valence-electron chi connectivity index (χ2n) is 3.28. The van der Waals surface area contributed by atoms with Crippen molar-refractivity contribution in [3.8, 4) is 22.8 Å². The van der Waals surface area contributed by atoms with Crippen molar-refractivity contribution in [2.75, 3.05) is 14.2 Å². The monoisotopic (exact) mass is 294 g/mol. The molecule has 0 unspecified atom stereocenters. The van der Waals surface area contributed by atoms with Crippen molar-refractivity contribution >= 4 is 15.9 Å². The fraction of sp³-hybridized carbons (Fsp3) is 0.167. The van der Waals surface area contributed by atoms with E-state index < -0.39 is 0 Å². The van der Waals surface area contributed by atoms with Gasteiger partial charge in [0.05, 0.1) is 19.9 Å². The fourth-order valence-electron chi connectivity index (χ4n) is 1.49. The molecule has 4 nitrogen and oxygen atoms in total. The second kappa shape index (κ2) is 5.14. The molecule has 2 rings (SSSR count). The Labute approximate surface area is 108 Å². The van der Waals surface area contributed by atoms with Crippen LogP contribution in [0.3, 0.4) is 0 Å². The summed E-state index contributed by atoms with van der Waals surface area (Å²) in [6, 6.07) is 7.50. The first-order valence-corrected chi connectivity index (χ1v) is 5.75. The van der Waals surface area contributed by atoms with Crippen molar-refractivity contribution in [2.45, 2.75) is 0 Å². The normalized spacial score (nSPS) is 10.1. The lowest BCUT2D eigenvalue weighted by Gasteiger charge is -2.09. The molecule has 0 saturated carbocycles. The molecule has 0 bridgehead atoms. The predicted molar refractivity (Wildman–Crippen MR) is 68.3 cm³/mol. The fourth-order valence-corrected chi connectivity index (χ4v) is 1.80. The number of methoxy groups -OCH3 is 2. The van der Waals surface area contributed by atoms with Crippen LogP contribution in [0.2, 0.25) is 0 Å². The molecule has 0 spiro atoms. The SMILES string of the molecule is COc1ccc(-c2ccnc(Br)n2)cc1OC. The van der Waals surface area contributed by atoms with E-state index in [0.717, 1.165) is 11.3 Å². The van der Waals surface area contributed by atoms with Gasteiger partial charge in [0.1, 0.15) is 0 Å². The smallest absolute Gasteiger partial charge is 0.197 e. The van der Waals surface area contributed by atoms with Gasteiger partial charge in [0.25, 0.3) is 0 Å². The van der Waals surface area contributed by atoms with Crippen molar-refractivity contribution in [3.63, 3.8) is 0 Å². The van der Waals surface area contributed by atoms with E-state index in [0.29, 0.717) is 16.2 Å². The maximum absolute atomic E-state index is 5.25. The highest BCUT2D eigenvalue weighted by Crippen LogP contribution is 2.31. The highest BCUT2D eigenvalue weighted by Gasteiger charge is 2.07. The van der Waals surface area contributed by atoms with E-state index in [1.165, 1.54) is 0 Å². The Bertz CT molecular complexity index is 532. The van der Waals surface area contributed by atoms with E-state index in [9.17, 15) is 0 Å². The van der Waals surface area contributed by atoms with Gasteiger partial charge in [-0.25, -0.2) is 9.97 Å². The molecule has 1 aromatic heterocycles. The number of halogens is 1. The van der Waals surface area contributed by atoms with Gasteiger partial charge in [0.15, 0.2) is 16.2 Å². The Morgan fingerprint density at radius 1 is 1.06 bits per heavy atom. The molecule has 5 heteroatoms. The summed E-state index contributed by atoms with van der Waals surface area (Å²) in [6.07, 6.45) is 1.70. The molecule has 2 aromatic rings. The Balaban J connectivity index is 2.46. The molecule has 0 aliphatic carbocycles. The van der Waals surface area contributed by atoms with Gasteiger partial charge in [-0.3, -0.25) is 0 Å². The summed E-state index contributed by atoms with van der Waals surface area (Å²) in [5, 5.41) is 0. The van der Waals surface area contributed by atoms with Crippen LogP contribution < -0.4 is 9.47 Å². The highest BCUT2D eigenvalue weighted by molar-refractivity contribution is 9.10. The van der Waals surface area contributed by atoms with Gasteiger partial charge in [-0.05, 0) is 40.2 Å². The van der Waals surface area contributed by atoms with E-state index >= 15 is 0 Å². The molecule has 0 amide bonds. The molecule has 0 aliphatic heterocycles. The molecule has 0 N–H and O–H groups in total. The summed E-state index contributed by atoms with van der Waals surface area (Å²) in [5.74, 6) is 1.38. The van der Waals surface area contributed by atoms with E-state index in [-0.39, 0.29) is 0 Å². The number of benzene rings is 1. The average Bonchev–Trinajstić information content (AvgIpc) is 2.38. The number of ether oxygens (including phenoxy) is 2. The van der Waals surface area contributed by atoms with Crippen LogP contribution >= 0.6 is 15.9 Å². The average molecular weight is 295 g/mol. The maximum atomic E-state index is 5.25. The summed E-state index contributed by atoms with van der Waals surface area (Å²) in [7, 11) is 3.22. The molecule has 1 aromatic carbocycles. The number of nitrogens with zero attached hydrogens (tertiary/aromatic N) is 2. The second-order valence-corrected chi connectivity index (χ2v) is 3.99. The van der Waals surface area contributed by atoms with Crippen LogP contribution in [0.1, 0.15) is 0 Å². The Morgan fingerprint density at radius 2 is 1.82 bits per heavy atom. The lowest BCUT2D eigenvalue weighted by atomic mass is 10.1. The van der Waals surface area contributed by atoms with Gasteiger partial charge in [0.2, 0.25) is 0 Å². The minimum Gasteiger partial charge on any atom is -0.493 e. The first-order valence-electron chi connectivity index (χ1n) is 4.95. The Kier molecular flexibility index (Phi) is 3.58. The molecular formula is C12H11BrN2O2. The molecule has 1 heterocycles. The van der Waals surface area contributed by atoms with Crippen molar-refractivity contribution in [3.05, 3.63) is 35.2 Å². The van der Waals surface area contributed by atoms with Crippen LogP contribution in [-0.2, 0) is 0 Å². The summed E-state index contributed by atoms with van der Waals surface area (Å²) in [6.45, 7) is 0. The topological polar surface area (TPSA) is 44.2 Å². The lowest BCUT2D eigenvalue weighted by molar-refractivity contribution is 0.355. The molecule has 17 heavy (non-hydrogen) atoms. The zero-order chi connectivity index (χ0) is 12.3. The van der Waals surface area contributed by atoms with E-state index in [2.05, 4.69) is 25.9 Å². The molecule has 0 radical (unpaired) electrons. The van der Waals surface area contributed by atoms with Gasteiger partial charge in [-0.1, -0.05) is 0 Å². The van der Waals surface area contributed by atoms with Crippen molar-refractivity contribution < 1.29 is 9.47 Å². The van der Waals surface area contributed by atoms with Crippen LogP contribution in [0.4, 0.5) is 0 Å². The lowest BCUT2D eigenvalue weighted by Crippen LogP contribution is -1.92. The molecular weight excluding hydrogens is 284 g/mol. The van der Waals surface area contributed by atoms with E-state index in [1.54, 1.807) is 20.4 Å². The van der Waals surface area contributed by atoms with Crippen molar-refractivity contribution in [1.82, 2.24) is 9.97 Å². The van der Waals surface area contributed by atoms with E-state index in [1.807, 2.05) is 24.3 Å². The van der Waals surface area contributed by atoms with Crippen LogP contribution in [-0.4, -0.2) is 24.2 Å². The van der Waals surface area contributed by atoms with Gasteiger partial charge in [-0.15, -0.1) is 0 Å². The van der Waals surface area contributed by atoms with E-state index in [4.69, 9.17) is 9.47 Å². The minimum atomic E-state index is 0.560. The van der Waals surface area contributed by atoms with Crippen LogP contribution in [0, 0.1) is 0 Å². The third-order valence-corrected chi connectivity index (χ3v) is 2.69. The maximum Gasteiger partial charge on any atom is 0.197 e. The first kappa shape index (κ1) is 11.9. The Hall–Kier alpha value is -1.62. The number of rotatable bonds is 3. The molecule has 0 aliphatic rings. The summed E-state index contributed by atoms with van der Waals surface area (Å²) in [4.78, 5) is 8.27. The number of hydrogen-bond donors (Lipinski definition) is 0. The van der Waals surface area contributed by atoms with Gasteiger partial charge < -0.3 is 9.47 Å². The third-order valence-electron chi connectivity index (χ3n) is 2.31. The number of aromatic nitrogens is 2. The van der Waals surface area contributed by atoms with Crippen molar-refractivity contribution in [2.24, 2.45) is 0 Å². The summed E-state index contributed by atoms with van der Waals surface area (Å²) >= 11 is 3.24. The predicted octanol–water partition coefficient (Wildman–Crippen LogP) is 2.92. The standard InChI is InChI=1S/C12H11BrN2O2/c1-16-10-4-3-8(7-11(10)17-2)9-5-6-14-12(13)15-9/h3-7H,1-2H3. The van der Waals surface area contributed by atoms with Crippen LogP contribution in [0.5, 0.6) is 11.5 Å². The summed E-state index contributed by atoms with van der Waals surface area (Å²) < 4.78 is 11.0. The van der Waals surface area contributed by atoms with Crippen molar-refractivity contribution in [1.29, 1.82) is 0 Å². The third kappa shape index (κ3) is 2.55. The van der Waals surface area contributed by atoms with Crippen LogP contribution in [0.15, 0.2) is 35.2 Å². The summed E-state index contributed by atoms with van der Waals surface area (Å²) in [5.41, 5.74) is 1.78. The zero-order valence-electron chi connectivity index (χ0n) is 9.48. The minimum absolute atomic E-state index is 0.560. The van der Waals surface area contributed by atoms with Crippen LogP contribution in [0.25, 0.3) is 11.3 Å². The van der Waals surface area contributed by atoms with Gasteiger partial charge in [-0.2, -0.15) is 0 Å². The molecule has 88 valence electrons. The largest absolute Gasteiger partial charge is 0.493 e. The molecule has 0 saturated heterocycles. The highest BCUT2D eigenvalue weighted by atomic mass is 79.9. The zero-order valence-corrected chi connectivity index (χ0v) is 11.1. The molecule has 0 fully saturated rings. The number of hydrogen-bond acceptors (Lipinski definition) is 4. The van der Waals surface area contributed by atoms with Gasteiger partial charge in [0, 0.05) is 11.8 Å². The quantitative estimate of drug-likeness (QED) is 0.817. The van der Waals surface area contributed by atoms with Gasteiger partial charge >= 0.3 is 0 Å². The molecule has 0 atom stereocenters.